The quantitative estimate of drug-likeness (QED) is 0.890. The van der Waals surface area contributed by atoms with Crippen LogP contribution >= 0.6 is 0 Å². The summed E-state index contributed by atoms with van der Waals surface area (Å²) in [6, 6.07) is 13.9. The highest BCUT2D eigenvalue weighted by molar-refractivity contribution is 5.93. The van der Waals surface area contributed by atoms with Crippen molar-refractivity contribution in [2.45, 2.75) is 0 Å². The number of ether oxygens (including phenoxy) is 1. The van der Waals surface area contributed by atoms with Gasteiger partial charge in [0.25, 0.3) is 0 Å². The zero-order valence-electron chi connectivity index (χ0n) is 10.9. The molecular weight excluding hydrogens is 254 g/mol. The van der Waals surface area contributed by atoms with Crippen LogP contribution in [0.2, 0.25) is 0 Å². The number of hydrogen-bond acceptors (Lipinski definition) is 4. The Morgan fingerprint density at radius 3 is 2.50 bits per heavy atom. The summed E-state index contributed by atoms with van der Waals surface area (Å²) >= 11 is 0. The van der Waals surface area contributed by atoms with E-state index in [9.17, 15) is 4.79 Å². The van der Waals surface area contributed by atoms with Gasteiger partial charge in [0.1, 0.15) is 11.8 Å². The molecule has 0 spiro atoms. The van der Waals surface area contributed by atoms with Crippen molar-refractivity contribution in [2.75, 3.05) is 12.4 Å². The van der Waals surface area contributed by atoms with Gasteiger partial charge in [0.15, 0.2) is 0 Å². The summed E-state index contributed by atoms with van der Waals surface area (Å²) in [4.78, 5) is 11.0. The molecule has 0 aliphatic rings. The number of primary amides is 1. The predicted octanol–water partition coefficient (Wildman–Crippen LogP) is 2.41. The first kappa shape index (κ1) is 13.4. The minimum Gasteiger partial charge on any atom is -0.497 e. The van der Waals surface area contributed by atoms with Gasteiger partial charge in [-0.3, -0.25) is 4.79 Å². The molecule has 5 nitrogen and oxygen atoms in total. The molecule has 0 heterocycles. The monoisotopic (exact) mass is 267 g/mol. The van der Waals surface area contributed by atoms with Crippen molar-refractivity contribution in [1.82, 2.24) is 0 Å². The molecule has 0 saturated heterocycles. The summed E-state index contributed by atoms with van der Waals surface area (Å²) in [7, 11) is 1.56. The Balaban J connectivity index is 2.29. The topological polar surface area (TPSA) is 88.1 Å². The highest BCUT2D eigenvalue weighted by Crippen LogP contribution is 2.25. The Hall–Kier alpha value is -3.00. The molecule has 0 radical (unpaired) electrons. The first-order valence-electron chi connectivity index (χ1n) is 5.89. The van der Waals surface area contributed by atoms with Crippen LogP contribution in [0.3, 0.4) is 0 Å². The van der Waals surface area contributed by atoms with Crippen LogP contribution in [0.5, 0.6) is 5.75 Å². The third-order valence-electron chi connectivity index (χ3n) is 2.80. The first-order valence-corrected chi connectivity index (χ1v) is 5.89. The van der Waals surface area contributed by atoms with Crippen molar-refractivity contribution in [3.63, 3.8) is 0 Å². The number of carbonyl (C=O) groups is 1. The number of carbonyl (C=O) groups excluding carboxylic acids is 1. The van der Waals surface area contributed by atoms with Crippen LogP contribution in [-0.2, 0) is 0 Å². The van der Waals surface area contributed by atoms with Crippen molar-refractivity contribution in [3.05, 3.63) is 53.6 Å². The van der Waals surface area contributed by atoms with Gasteiger partial charge in [-0.05, 0) is 36.4 Å². The van der Waals surface area contributed by atoms with Gasteiger partial charge in [-0.25, -0.2) is 0 Å². The van der Waals surface area contributed by atoms with Crippen LogP contribution in [0.15, 0.2) is 42.5 Å². The Morgan fingerprint density at radius 1 is 1.25 bits per heavy atom. The molecule has 0 bridgehead atoms. The molecule has 1 amide bonds. The lowest BCUT2D eigenvalue weighted by molar-refractivity contribution is 0.100. The number of rotatable bonds is 4. The number of hydrogen-bond donors (Lipinski definition) is 2. The van der Waals surface area contributed by atoms with E-state index in [2.05, 4.69) is 11.4 Å². The van der Waals surface area contributed by atoms with Gasteiger partial charge >= 0.3 is 0 Å². The van der Waals surface area contributed by atoms with Gasteiger partial charge in [0, 0.05) is 17.3 Å². The van der Waals surface area contributed by atoms with E-state index in [1.165, 1.54) is 0 Å². The van der Waals surface area contributed by atoms with Gasteiger partial charge in [-0.1, -0.05) is 0 Å². The Kier molecular flexibility index (Phi) is 3.87. The largest absolute Gasteiger partial charge is 0.497 e. The minimum atomic E-state index is -0.476. The number of nitrogens with two attached hydrogens (primary N) is 1. The number of methoxy groups -OCH3 is 1. The van der Waals surface area contributed by atoms with Crippen LogP contribution in [0.4, 0.5) is 11.4 Å². The van der Waals surface area contributed by atoms with E-state index in [-0.39, 0.29) is 0 Å². The average molecular weight is 267 g/mol. The highest BCUT2D eigenvalue weighted by atomic mass is 16.5. The molecule has 2 aromatic rings. The van der Waals surface area contributed by atoms with Crippen LogP contribution in [0, 0.1) is 11.3 Å². The zero-order chi connectivity index (χ0) is 14.5. The molecule has 2 aromatic carbocycles. The second kappa shape index (κ2) is 5.76. The van der Waals surface area contributed by atoms with Gasteiger partial charge < -0.3 is 15.8 Å². The molecule has 3 N–H and O–H groups in total. The summed E-state index contributed by atoms with van der Waals surface area (Å²) in [6.45, 7) is 0. The first-order chi connectivity index (χ1) is 9.63. The fourth-order valence-electron chi connectivity index (χ4n) is 1.72. The van der Waals surface area contributed by atoms with E-state index in [4.69, 9.17) is 15.7 Å². The minimum absolute atomic E-state index is 0.432. The molecule has 5 heteroatoms. The number of nitrogens with one attached hydrogen (secondary N) is 1. The molecule has 0 saturated carbocycles. The van der Waals surface area contributed by atoms with E-state index in [1.807, 2.05) is 0 Å². The lowest BCUT2D eigenvalue weighted by atomic mass is 10.1. The lowest BCUT2D eigenvalue weighted by Gasteiger charge is -2.10. The van der Waals surface area contributed by atoms with Gasteiger partial charge in [-0.15, -0.1) is 0 Å². The second-order valence-electron chi connectivity index (χ2n) is 4.09. The van der Waals surface area contributed by atoms with Crippen LogP contribution in [-0.4, -0.2) is 13.0 Å². The normalized spacial score (nSPS) is 9.60. The van der Waals surface area contributed by atoms with Crippen LogP contribution in [0.1, 0.15) is 15.9 Å². The van der Waals surface area contributed by atoms with Gasteiger partial charge in [0.2, 0.25) is 5.91 Å². The van der Waals surface area contributed by atoms with Gasteiger partial charge in [-0.2, -0.15) is 5.26 Å². The van der Waals surface area contributed by atoms with Crippen LogP contribution < -0.4 is 15.8 Å². The molecule has 0 aliphatic carbocycles. The molecule has 0 atom stereocenters. The third-order valence-corrected chi connectivity index (χ3v) is 2.80. The van der Waals surface area contributed by atoms with E-state index in [0.717, 1.165) is 5.69 Å². The molecule has 0 unspecified atom stereocenters. The van der Waals surface area contributed by atoms with Crippen LogP contribution in [0.25, 0.3) is 0 Å². The van der Waals surface area contributed by atoms with E-state index in [1.54, 1.807) is 49.6 Å². The fourth-order valence-corrected chi connectivity index (χ4v) is 1.72. The third kappa shape index (κ3) is 2.87. The summed E-state index contributed by atoms with van der Waals surface area (Å²) in [6.07, 6.45) is 0. The zero-order valence-corrected chi connectivity index (χ0v) is 10.9. The number of nitriles is 1. The summed E-state index contributed by atoms with van der Waals surface area (Å²) in [5.74, 6) is 0.177. The Bertz CT molecular complexity index is 673. The lowest BCUT2D eigenvalue weighted by Crippen LogP contribution is -2.10. The summed E-state index contributed by atoms with van der Waals surface area (Å²) in [5.41, 5.74) is 7.50. The smallest absolute Gasteiger partial charge is 0.248 e. The number of benzene rings is 2. The van der Waals surface area contributed by atoms with Crippen molar-refractivity contribution < 1.29 is 9.53 Å². The van der Waals surface area contributed by atoms with Crippen molar-refractivity contribution in [3.8, 4) is 11.8 Å². The standard InChI is InChI=1S/C15H13N3O2/c1-20-13-7-4-11(9-16)14(8-13)18-12-5-2-10(3-6-12)15(17)19/h2-8,18H,1H3,(H2,17,19). The predicted molar refractivity (Wildman–Crippen MR) is 76.0 cm³/mol. The highest BCUT2D eigenvalue weighted by Gasteiger charge is 2.05. The van der Waals surface area contributed by atoms with Crippen molar-refractivity contribution in [1.29, 1.82) is 5.26 Å². The van der Waals surface area contributed by atoms with Gasteiger partial charge in [0.05, 0.1) is 18.4 Å². The van der Waals surface area contributed by atoms with Crippen molar-refractivity contribution >= 4 is 17.3 Å². The van der Waals surface area contributed by atoms with E-state index >= 15 is 0 Å². The molecule has 100 valence electrons. The number of nitrogens with zero attached hydrogens (tertiary/aromatic N) is 1. The molecule has 0 aromatic heterocycles. The fraction of sp³-hybridized carbons (Fsp3) is 0.0667. The number of anilines is 2. The Morgan fingerprint density at radius 2 is 1.95 bits per heavy atom. The molecular formula is C15H13N3O2. The molecule has 2 rings (SSSR count). The van der Waals surface area contributed by atoms with E-state index < -0.39 is 5.91 Å². The maximum atomic E-state index is 11.0. The average Bonchev–Trinajstić information content (AvgIpc) is 2.47. The maximum absolute atomic E-state index is 11.0. The second-order valence-corrected chi connectivity index (χ2v) is 4.09. The maximum Gasteiger partial charge on any atom is 0.248 e. The molecule has 0 aliphatic heterocycles. The van der Waals surface area contributed by atoms with Crippen molar-refractivity contribution in [2.24, 2.45) is 5.73 Å². The molecule has 20 heavy (non-hydrogen) atoms. The summed E-state index contributed by atoms with van der Waals surface area (Å²) in [5, 5.41) is 12.2. The number of amides is 1. The molecule has 0 fully saturated rings. The SMILES string of the molecule is COc1ccc(C#N)c(Nc2ccc(C(N)=O)cc2)c1. The van der Waals surface area contributed by atoms with E-state index in [0.29, 0.717) is 22.6 Å². The Labute approximate surface area is 116 Å². The summed E-state index contributed by atoms with van der Waals surface area (Å²) < 4.78 is 5.13.